The van der Waals surface area contributed by atoms with E-state index >= 15 is 0 Å². The number of pyridine rings is 1. The Labute approximate surface area is 107 Å². The van der Waals surface area contributed by atoms with Gasteiger partial charge in [-0.15, -0.1) is 0 Å². The van der Waals surface area contributed by atoms with Gasteiger partial charge in [0.05, 0.1) is 18.2 Å². The summed E-state index contributed by atoms with van der Waals surface area (Å²) in [6.45, 7) is 0. The zero-order valence-electron chi connectivity index (χ0n) is 10.0. The summed E-state index contributed by atoms with van der Waals surface area (Å²) in [5.74, 6) is -0.0771. The van der Waals surface area contributed by atoms with Crippen molar-refractivity contribution in [3.8, 4) is 23.0 Å². The molecule has 2 heterocycles. The van der Waals surface area contributed by atoms with Gasteiger partial charge in [0.2, 0.25) is 5.88 Å². The average Bonchev–Trinajstić information content (AvgIpc) is 2.80. The quantitative estimate of drug-likeness (QED) is 0.741. The molecule has 0 unspecified atom stereocenters. The first-order chi connectivity index (χ1) is 9.19. The Morgan fingerprint density at radius 1 is 1.21 bits per heavy atom. The molecule has 0 atom stereocenters. The summed E-state index contributed by atoms with van der Waals surface area (Å²) in [7, 11) is 1.50. The van der Waals surface area contributed by atoms with Gasteiger partial charge in [0.25, 0.3) is 0 Å². The van der Waals surface area contributed by atoms with Crippen LogP contribution in [0.25, 0.3) is 22.6 Å². The second-order valence-electron chi connectivity index (χ2n) is 3.94. The number of methoxy groups -OCH3 is 1. The molecule has 0 radical (unpaired) electrons. The lowest BCUT2D eigenvalue weighted by Crippen LogP contribution is -1.87. The third-order valence-electron chi connectivity index (χ3n) is 2.76. The molecule has 0 amide bonds. The highest BCUT2D eigenvalue weighted by molar-refractivity contribution is 5.78. The Kier molecular flexibility index (Phi) is 2.56. The van der Waals surface area contributed by atoms with Crippen LogP contribution in [0.5, 0.6) is 11.6 Å². The van der Waals surface area contributed by atoms with Crippen LogP contribution in [0, 0.1) is 5.82 Å². The van der Waals surface area contributed by atoms with E-state index < -0.39 is 5.82 Å². The second kappa shape index (κ2) is 4.24. The number of fused-ring (bicyclic) bond motifs is 1. The zero-order chi connectivity index (χ0) is 13.4. The van der Waals surface area contributed by atoms with Crippen LogP contribution in [0.15, 0.2) is 30.3 Å². The van der Waals surface area contributed by atoms with Gasteiger partial charge >= 0.3 is 0 Å². The average molecular weight is 259 g/mol. The number of phenols is 1. The predicted molar refractivity (Wildman–Crippen MR) is 67.5 cm³/mol. The number of rotatable bonds is 2. The maximum Gasteiger partial charge on any atom is 0.215 e. The van der Waals surface area contributed by atoms with Crippen LogP contribution in [0.3, 0.4) is 0 Å². The molecule has 19 heavy (non-hydrogen) atoms. The van der Waals surface area contributed by atoms with E-state index in [0.29, 0.717) is 17.0 Å². The van der Waals surface area contributed by atoms with Crippen molar-refractivity contribution in [2.24, 2.45) is 0 Å². The topological polar surface area (TPSA) is 71.0 Å². The van der Waals surface area contributed by atoms with Gasteiger partial charge in [-0.25, -0.2) is 9.37 Å². The molecule has 0 aliphatic carbocycles. The number of ether oxygens (including phenoxy) is 1. The van der Waals surface area contributed by atoms with Gasteiger partial charge in [0.1, 0.15) is 17.4 Å². The van der Waals surface area contributed by atoms with E-state index in [9.17, 15) is 9.50 Å². The first kappa shape index (κ1) is 11.5. The molecule has 5 nitrogen and oxygen atoms in total. The normalized spacial score (nSPS) is 10.8. The molecule has 0 bridgehead atoms. The van der Waals surface area contributed by atoms with E-state index in [0.717, 1.165) is 0 Å². The van der Waals surface area contributed by atoms with E-state index in [4.69, 9.17) is 4.74 Å². The summed E-state index contributed by atoms with van der Waals surface area (Å²) in [5, 5.41) is 9.73. The highest BCUT2D eigenvalue weighted by atomic mass is 19.1. The summed E-state index contributed by atoms with van der Waals surface area (Å²) in [6.07, 6.45) is 0. The van der Waals surface area contributed by atoms with Crippen molar-refractivity contribution in [2.75, 3.05) is 7.11 Å². The predicted octanol–water partition coefficient (Wildman–Crippen LogP) is 2.48. The van der Waals surface area contributed by atoms with Gasteiger partial charge < -0.3 is 14.8 Å². The Balaban J connectivity index is 2.21. The number of H-pyrrole nitrogens is 1. The number of aromatic nitrogens is 3. The molecule has 3 rings (SSSR count). The van der Waals surface area contributed by atoms with Gasteiger partial charge in [0, 0.05) is 6.07 Å². The molecule has 1 aromatic carbocycles. The van der Waals surface area contributed by atoms with Crippen molar-refractivity contribution in [3.05, 3.63) is 36.1 Å². The number of hydrogen-bond donors (Lipinski definition) is 2. The monoisotopic (exact) mass is 259 g/mol. The van der Waals surface area contributed by atoms with Gasteiger partial charge in [-0.3, -0.25) is 0 Å². The van der Waals surface area contributed by atoms with Crippen LogP contribution in [0.4, 0.5) is 4.39 Å². The number of imidazole rings is 1. The minimum Gasteiger partial charge on any atom is -0.507 e. The first-order valence-corrected chi connectivity index (χ1v) is 5.57. The summed E-state index contributed by atoms with van der Waals surface area (Å²) >= 11 is 0. The number of aromatic amines is 1. The molecule has 0 saturated carbocycles. The van der Waals surface area contributed by atoms with E-state index in [1.807, 2.05) is 0 Å². The molecule has 96 valence electrons. The fraction of sp³-hybridized carbons (Fsp3) is 0.0769. The van der Waals surface area contributed by atoms with Crippen LogP contribution in [0.1, 0.15) is 0 Å². The maximum absolute atomic E-state index is 13.7. The molecule has 0 saturated heterocycles. The highest BCUT2D eigenvalue weighted by Gasteiger charge is 2.15. The molecule has 6 heteroatoms. The fourth-order valence-corrected chi connectivity index (χ4v) is 1.85. The number of hydrogen-bond acceptors (Lipinski definition) is 4. The van der Waals surface area contributed by atoms with E-state index in [2.05, 4.69) is 15.0 Å². The highest BCUT2D eigenvalue weighted by Crippen LogP contribution is 2.30. The summed E-state index contributed by atoms with van der Waals surface area (Å²) in [4.78, 5) is 11.2. The van der Waals surface area contributed by atoms with Crippen LogP contribution in [-0.4, -0.2) is 27.2 Å². The van der Waals surface area contributed by atoms with Crippen molar-refractivity contribution < 1.29 is 14.2 Å². The first-order valence-electron chi connectivity index (χ1n) is 5.57. The van der Waals surface area contributed by atoms with Gasteiger partial charge in [-0.1, -0.05) is 6.07 Å². The van der Waals surface area contributed by atoms with Crippen LogP contribution in [0.2, 0.25) is 0 Å². The SMILES string of the molecule is COc1ccc2[nH]c(-c3c(O)cccc3F)nc2n1. The van der Waals surface area contributed by atoms with Gasteiger partial charge in [0.15, 0.2) is 5.65 Å². The molecule has 0 aliphatic rings. The van der Waals surface area contributed by atoms with E-state index in [-0.39, 0.29) is 17.1 Å². The van der Waals surface area contributed by atoms with Crippen molar-refractivity contribution in [1.82, 2.24) is 15.0 Å². The molecule has 3 aromatic rings. The Morgan fingerprint density at radius 3 is 2.79 bits per heavy atom. The maximum atomic E-state index is 13.7. The lowest BCUT2D eigenvalue weighted by molar-refractivity contribution is 0.399. The summed E-state index contributed by atoms with van der Waals surface area (Å²) < 4.78 is 18.7. The minimum absolute atomic E-state index is 0.0273. The molecular weight excluding hydrogens is 249 g/mol. The lowest BCUT2D eigenvalue weighted by atomic mass is 10.2. The van der Waals surface area contributed by atoms with Gasteiger partial charge in [-0.05, 0) is 18.2 Å². The second-order valence-corrected chi connectivity index (χ2v) is 3.94. The van der Waals surface area contributed by atoms with Crippen LogP contribution >= 0.6 is 0 Å². The fourth-order valence-electron chi connectivity index (χ4n) is 1.85. The Morgan fingerprint density at radius 2 is 2.05 bits per heavy atom. The number of halogens is 1. The van der Waals surface area contributed by atoms with E-state index in [1.54, 1.807) is 12.1 Å². The molecule has 0 aliphatic heterocycles. The van der Waals surface area contributed by atoms with Gasteiger partial charge in [-0.2, -0.15) is 4.98 Å². The van der Waals surface area contributed by atoms with Crippen LogP contribution < -0.4 is 4.74 Å². The molecular formula is C13H10FN3O2. The molecule has 0 fully saturated rings. The minimum atomic E-state index is -0.550. The number of aromatic hydroxyl groups is 1. The summed E-state index contributed by atoms with van der Waals surface area (Å²) in [6, 6.07) is 7.50. The third kappa shape index (κ3) is 1.87. The molecule has 2 N–H and O–H groups in total. The standard InChI is InChI=1S/C13H10FN3O2/c1-19-10-6-5-8-12(16-10)17-13(15-8)11-7(14)3-2-4-9(11)18/h2-6,18H,1H3,(H,15,16,17). The largest absolute Gasteiger partial charge is 0.507 e. The number of nitrogens with zero attached hydrogens (tertiary/aromatic N) is 2. The smallest absolute Gasteiger partial charge is 0.215 e. The molecule has 2 aromatic heterocycles. The van der Waals surface area contributed by atoms with Crippen LogP contribution in [-0.2, 0) is 0 Å². The lowest BCUT2D eigenvalue weighted by Gasteiger charge is -2.01. The van der Waals surface area contributed by atoms with Crippen molar-refractivity contribution >= 4 is 11.2 Å². The zero-order valence-corrected chi connectivity index (χ0v) is 10.0. The number of benzene rings is 1. The molecule has 0 spiro atoms. The van der Waals surface area contributed by atoms with Crippen molar-refractivity contribution in [1.29, 1.82) is 0 Å². The Bertz CT molecular complexity index is 734. The third-order valence-corrected chi connectivity index (χ3v) is 2.76. The number of phenolic OH excluding ortho intramolecular Hbond substituents is 1. The van der Waals surface area contributed by atoms with Crippen molar-refractivity contribution in [2.45, 2.75) is 0 Å². The Hall–Kier alpha value is -2.63. The van der Waals surface area contributed by atoms with E-state index in [1.165, 1.54) is 25.3 Å². The van der Waals surface area contributed by atoms with Crippen molar-refractivity contribution in [3.63, 3.8) is 0 Å². The summed E-state index contributed by atoms with van der Waals surface area (Å²) in [5.41, 5.74) is 1.06. The number of nitrogens with one attached hydrogen (secondary N) is 1.